The number of hydrogen-bond acceptors (Lipinski definition) is 6. The van der Waals surface area contributed by atoms with E-state index in [9.17, 15) is 14.4 Å². The van der Waals surface area contributed by atoms with Gasteiger partial charge >= 0.3 is 17.9 Å². The molecule has 0 fully saturated rings. The first kappa shape index (κ1) is 78.1. The number of hydrogen-bond donors (Lipinski definition) is 0. The van der Waals surface area contributed by atoms with Gasteiger partial charge in [-0.3, -0.25) is 14.4 Å². The van der Waals surface area contributed by atoms with Crippen molar-refractivity contribution in [3.63, 3.8) is 0 Å². The number of esters is 3. The zero-order chi connectivity index (χ0) is 59.2. The Morgan fingerprint density at radius 2 is 0.488 bits per heavy atom. The fourth-order valence-corrected chi connectivity index (χ4v) is 9.82. The predicted molar refractivity (Wildman–Crippen MR) is 357 cm³/mol. The molecule has 6 heteroatoms. The minimum absolute atomic E-state index is 0.0990. The quantitative estimate of drug-likeness (QED) is 0.0261. The molecule has 0 aromatic carbocycles. The molecular formula is C76H130O6. The molecule has 0 saturated carbocycles. The topological polar surface area (TPSA) is 78.9 Å². The molecule has 0 heterocycles. The van der Waals surface area contributed by atoms with E-state index in [0.717, 1.165) is 96.3 Å². The minimum atomic E-state index is -0.811. The lowest BCUT2D eigenvalue weighted by Crippen LogP contribution is -2.30. The van der Waals surface area contributed by atoms with Gasteiger partial charge in [0.15, 0.2) is 6.10 Å². The van der Waals surface area contributed by atoms with E-state index < -0.39 is 6.10 Å². The first-order chi connectivity index (χ1) is 40.5. The number of carbonyl (C=O) groups excluding carboxylic acids is 3. The standard InChI is InChI=1S/C76H130O6/c1-4-7-10-13-16-19-22-25-28-31-33-35-37-38-40-41-43-45-48-51-54-57-60-63-66-69-75(78)81-72-73(71-80-74(77)68-65-62-59-56-53-50-47-30-27-24-21-18-15-12-9-6-3)82-76(79)70-67-64-61-58-55-52-49-46-44-42-39-36-34-32-29-26-23-20-17-14-11-8-5-2/h8,11,17,20,22,25-26,29,31,33-34,36,42,44,49,52,58,61,73H,4-7,9-10,12-16,18-19,21,23-24,27-28,30,32,35,37-41,43,45-48,50-51,53-57,59-60,62-72H2,1-3H3/b11-8-,20-17-,25-22-,29-26-,33-31-,36-34-,44-42-,52-49-,61-58-. The van der Waals surface area contributed by atoms with Gasteiger partial charge in [-0.1, -0.05) is 323 Å². The Kier molecular flexibility index (Phi) is 66.2. The van der Waals surface area contributed by atoms with E-state index >= 15 is 0 Å². The number of allylic oxidation sites excluding steroid dienone is 18. The maximum atomic E-state index is 12.9. The van der Waals surface area contributed by atoms with Gasteiger partial charge in [-0.05, 0) is 103 Å². The number of unbranched alkanes of at least 4 members (excludes halogenated alkanes) is 34. The summed E-state index contributed by atoms with van der Waals surface area (Å²) in [6.45, 7) is 6.51. The molecule has 0 saturated heterocycles. The largest absolute Gasteiger partial charge is 0.462 e. The van der Waals surface area contributed by atoms with Crippen LogP contribution < -0.4 is 0 Å². The third kappa shape index (κ3) is 66.9. The van der Waals surface area contributed by atoms with Crippen molar-refractivity contribution in [1.29, 1.82) is 0 Å². The molecule has 0 spiro atoms. The molecule has 1 unspecified atom stereocenters. The Hall–Kier alpha value is -3.93. The molecule has 0 aliphatic carbocycles. The van der Waals surface area contributed by atoms with Gasteiger partial charge in [-0.15, -0.1) is 0 Å². The van der Waals surface area contributed by atoms with Crippen LogP contribution in [0, 0.1) is 0 Å². The molecular weight excluding hydrogens is 1010 g/mol. The Balaban J connectivity index is 4.43. The maximum absolute atomic E-state index is 12.9. The van der Waals surface area contributed by atoms with E-state index in [-0.39, 0.29) is 37.5 Å². The highest BCUT2D eigenvalue weighted by molar-refractivity contribution is 5.71. The molecule has 0 rings (SSSR count). The Labute approximate surface area is 508 Å². The molecule has 1 atom stereocenters. The molecule has 0 bridgehead atoms. The first-order valence-corrected chi connectivity index (χ1v) is 34.9. The van der Waals surface area contributed by atoms with Crippen LogP contribution in [0.5, 0.6) is 0 Å². The Morgan fingerprint density at radius 3 is 0.780 bits per heavy atom. The molecule has 0 amide bonds. The average Bonchev–Trinajstić information content (AvgIpc) is 3.47. The van der Waals surface area contributed by atoms with Crippen LogP contribution in [0.1, 0.15) is 335 Å². The van der Waals surface area contributed by atoms with E-state index in [1.54, 1.807) is 0 Å². The molecule has 0 aliphatic rings. The second-order valence-electron chi connectivity index (χ2n) is 23.1. The summed E-state index contributed by atoms with van der Waals surface area (Å²) < 4.78 is 16.9. The van der Waals surface area contributed by atoms with Crippen LogP contribution in [0.2, 0.25) is 0 Å². The highest BCUT2D eigenvalue weighted by atomic mass is 16.6. The van der Waals surface area contributed by atoms with Crippen molar-refractivity contribution >= 4 is 17.9 Å². The van der Waals surface area contributed by atoms with E-state index in [1.807, 2.05) is 0 Å². The smallest absolute Gasteiger partial charge is 0.306 e. The highest BCUT2D eigenvalue weighted by Gasteiger charge is 2.19. The molecule has 6 nitrogen and oxygen atoms in total. The Morgan fingerprint density at radius 1 is 0.256 bits per heavy atom. The molecule has 0 radical (unpaired) electrons. The van der Waals surface area contributed by atoms with Crippen LogP contribution in [-0.2, 0) is 28.6 Å². The van der Waals surface area contributed by atoms with Gasteiger partial charge in [-0.25, -0.2) is 0 Å². The number of rotatable bonds is 63. The molecule has 82 heavy (non-hydrogen) atoms. The number of ether oxygens (including phenoxy) is 3. The summed E-state index contributed by atoms with van der Waals surface area (Å²) in [5.74, 6) is -0.945. The van der Waals surface area contributed by atoms with Gasteiger partial charge in [0.25, 0.3) is 0 Å². The van der Waals surface area contributed by atoms with Crippen LogP contribution >= 0.6 is 0 Å². The van der Waals surface area contributed by atoms with E-state index in [1.165, 1.54) is 193 Å². The summed E-state index contributed by atoms with van der Waals surface area (Å²) in [7, 11) is 0. The third-order valence-corrected chi connectivity index (χ3v) is 15.0. The first-order valence-electron chi connectivity index (χ1n) is 34.9. The van der Waals surface area contributed by atoms with Crippen molar-refractivity contribution in [3.8, 4) is 0 Å². The predicted octanol–water partition coefficient (Wildman–Crippen LogP) is 24.2. The normalized spacial score (nSPS) is 12.8. The molecule has 470 valence electrons. The van der Waals surface area contributed by atoms with Crippen LogP contribution in [0.25, 0.3) is 0 Å². The zero-order valence-electron chi connectivity index (χ0n) is 54.0. The van der Waals surface area contributed by atoms with Crippen molar-refractivity contribution in [2.75, 3.05) is 13.2 Å². The van der Waals surface area contributed by atoms with Crippen LogP contribution in [0.4, 0.5) is 0 Å². The minimum Gasteiger partial charge on any atom is -0.462 e. The lowest BCUT2D eigenvalue weighted by Gasteiger charge is -2.18. The van der Waals surface area contributed by atoms with Gasteiger partial charge in [0.1, 0.15) is 13.2 Å². The van der Waals surface area contributed by atoms with Crippen LogP contribution in [0.15, 0.2) is 109 Å². The second-order valence-corrected chi connectivity index (χ2v) is 23.1. The van der Waals surface area contributed by atoms with Crippen molar-refractivity contribution in [2.24, 2.45) is 0 Å². The van der Waals surface area contributed by atoms with Crippen molar-refractivity contribution in [3.05, 3.63) is 109 Å². The molecule has 0 N–H and O–H groups in total. The summed E-state index contributed by atoms with van der Waals surface area (Å²) in [5, 5.41) is 0. The van der Waals surface area contributed by atoms with Gasteiger partial charge in [0.05, 0.1) is 0 Å². The van der Waals surface area contributed by atoms with Gasteiger partial charge in [0, 0.05) is 19.3 Å². The van der Waals surface area contributed by atoms with Gasteiger partial charge < -0.3 is 14.2 Å². The fraction of sp³-hybridized carbons (Fsp3) is 0.724. The van der Waals surface area contributed by atoms with E-state index in [4.69, 9.17) is 14.2 Å². The van der Waals surface area contributed by atoms with Gasteiger partial charge in [-0.2, -0.15) is 0 Å². The molecule has 0 aliphatic heterocycles. The van der Waals surface area contributed by atoms with Crippen LogP contribution in [0.3, 0.4) is 0 Å². The lowest BCUT2D eigenvalue weighted by molar-refractivity contribution is -0.167. The van der Waals surface area contributed by atoms with E-state index in [2.05, 4.69) is 130 Å². The summed E-state index contributed by atoms with van der Waals surface area (Å²) in [4.78, 5) is 38.4. The second kappa shape index (κ2) is 69.6. The molecule has 0 aromatic rings. The highest BCUT2D eigenvalue weighted by Crippen LogP contribution is 2.17. The maximum Gasteiger partial charge on any atom is 0.306 e. The van der Waals surface area contributed by atoms with Crippen molar-refractivity contribution in [2.45, 2.75) is 341 Å². The molecule has 0 aromatic heterocycles. The average molecular weight is 1140 g/mol. The van der Waals surface area contributed by atoms with Gasteiger partial charge in [0.2, 0.25) is 0 Å². The summed E-state index contributed by atoms with van der Waals surface area (Å²) in [5.41, 5.74) is 0. The summed E-state index contributed by atoms with van der Waals surface area (Å²) in [6.07, 6.45) is 95.4. The number of carbonyl (C=O) groups is 3. The monoisotopic (exact) mass is 1140 g/mol. The van der Waals surface area contributed by atoms with E-state index in [0.29, 0.717) is 19.3 Å². The van der Waals surface area contributed by atoms with Crippen LogP contribution in [-0.4, -0.2) is 37.2 Å². The Bertz CT molecular complexity index is 1640. The zero-order valence-corrected chi connectivity index (χ0v) is 54.0. The fourth-order valence-electron chi connectivity index (χ4n) is 9.82. The summed E-state index contributed by atoms with van der Waals surface area (Å²) in [6, 6.07) is 0. The van der Waals surface area contributed by atoms with Crippen molar-refractivity contribution < 1.29 is 28.6 Å². The van der Waals surface area contributed by atoms with Crippen molar-refractivity contribution in [1.82, 2.24) is 0 Å². The summed E-state index contributed by atoms with van der Waals surface area (Å²) >= 11 is 0. The SMILES string of the molecule is CC/C=C\C/C=C\C/C=C\C/C=C\C/C=C\C/C=C\C/C=C\CCCC(=O)OC(COC(=O)CCCCCCCCCCCCCCC/C=C\C/C=C\CCCCCCC)COC(=O)CCCCCCCCCCCCCCCCCC. The third-order valence-electron chi connectivity index (χ3n) is 15.0. The lowest BCUT2D eigenvalue weighted by atomic mass is 10.0.